The van der Waals surface area contributed by atoms with Crippen LogP contribution in [0.15, 0.2) is 42.0 Å². The van der Waals surface area contributed by atoms with Crippen LogP contribution in [0.4, 0.5) is 5.82 Å². The molecule has 0 spiro atoms. The lowest BCUT2D eigenvalue weighted by atomic mass is 9.99. The number of hydrogen-bond acceptors (Lipinski definition) is 5. The van der Waals surface area contributed by atoms with Crippen molar-refractivity contribution in [3.05, 3.63) is 42.0 Å². The predicted molar refractivity (Wildman–Crippen MR) is 104 cm³/mol. The van der Waals surface area contributed by atoms with Crippen LogP contribution in [-0.2, 0) is 0 Å². The number of nitrogens with zero attached hydrogens (tertiary/aromatic N) is 3. The number of anilines is 1. The fraction of sp³-hybridized carbons (Fsp3) is 0.400. The number of hydrogen-bond donors (Lipinski definition) is 1. The molecule has 0 bridgehead atoms. The molecule has 0 amide bonds. The van der Waals surface area contributed by atoms with Crippen molar-refractivity contribution >= 4 is 27.4 Å². The predicted octanol–water partition coefficient (Wildman–Crippen LogP) is 4.40. The lowest BCUT2D eigenvalue weighted by molar-refractivity contribution is 0.192. The van der Waals surface area contributed by atoms with E-state index < -0.39 is 0 Å². The molecule has 1 aromatic carbocycles. The summed E-state index contributed by atoms with van der Waals surface area (Å²) in [5.74, 6) is 1.00. The monoisotopic (exact) mass is 350 g/mol. The molecule has 2 aliphatic rings. The molecule has 1 N–H and O–H groups in total. The van der Waals surface area contributed by atoms with Gasteiger partial charge in [-0.2, -0.15) is 0 Å². The van der Waals surface area contributed by atoms with Gasteiger partial charge in [-0.25, -0.2) is 9.97 Å². The third kappa shape index (κ3) is 2.71. The van der Waals surface area contributed by atoms with E-state index in [1.165, 1.54) is 55.3 Å². The SMILES string of the molecule is c1ccc(-c2csc3ncnc(N[C@@H]4CCN5CCCC[C@@H]45)c23)cc1. The average Bonchev–Trinajstić information content (AvgIpc) is 3.28. The van der Waals surface area contributed by atoms with E-state index in [-0.39, 0.29) is 0 Å². The van der Waals surface area contributed by atoms with E-state index in [4.69, 9.17) is 0 Å². The fourth-order valence-electron chi connectivity index (χ4n) is 4.41. The first-order valence-corrected chi connectivity index (χ1v) is 10.1. The second kappa shape index (κ2) is 6.39. The maximum atomic E-state index is 4.63. The molecule has 5 rings (SSSR count). The average molecular weight is 350 g/mol. The summed E-state index contributed by atoms with van der Waals surface area (Å²) in [6, 6.07) is 11.7. The van der Waals surface area contributed by atoms with Gasteiger partial charge in [0, 0.05) is 29.6 Å². The number of piperidine rings is 1. The molecule has 0 radical (unpaired) electrons. The number of benzene rings is 1. The molecule has 2 fully saturated rings. The molecule has 0 unspecified atom stereocenters. The molecule has 5 heteroatoms. The zero-order valence-electron chi connectivity index (χ0n) is 14.2. The van der Waals surface area contributed by atoms with E-state index in [2.05, 4.69) is 55.9 Å². The van der Waals surface area contributed by atoms with Crippen LogP contribution in [0.1, 0.15) is 25.7 Å². The second-order valence-electron chi connectivity index (χ2n) is 7.06. The minimum Gasteiger partial charge on any atom is -0.365 e. The summed E-state index contributed by atoms with van der Waals surface area (Å²) < 4.78 is 0. The van der Waals surface area contributed by atoms with Crippen LogP contribution in [0.25, 0.3) is 21.3 Å². The van der Waals surface area contributed by atoms with Crippen molar-refractivity contribution in [1.29, 1.82) is 0 Å². The Morgan fingerprint density at radius 1 is 1.04 bits per heavy atom. The number of fused-ring (bicyclic) bond motifs is 2. The molecule has 2 atom stereocenters. The van der Waals surface area contributed by atoms with Crippen LogP contribution >= 0.6 is 11.3 Å². The van der Waals surface area contributed by atoms with Gasteiger partial charge in [0.05, 0.1) is 5.39 Å². The molecule has 3 aromatic rings. The van der Waals surface area contributed by atoms with Crippen LogP contribution in [0.5, 0.6) is 0 Å². The molecule has 25 heavy (non-hydrogen) atoms. The van der Waals surface area contributed by atoms with E-state index in [9.17, 15) is 0 Å². The topological polar surface area (TPSA) is 41.1 Å². The summed E-state index contributed by atoms with van der Waals surface area (Å²) in [7, 11) is 0. The Hall–Kier alpha value is -1.98. The molecular formula is C20H22N4S. The van der Waals surface area contributed by atoms with E-state index in [1.807, 2.05) is 0 Å². The standard InChI is InChI=1S/C20H22N4S/c1-2-6-14(7-3-1)15-12-25-20-18(15)19(21-13-22-20)23-16-9-11-24-10-5-4-8-17(16)24/h1-3,6-7,12-13,16-17H,4-5,8-11H2,(H,21,22,23)/t16-,17+/m1/s1. The van der Waals surface area contributed by atoms with Crippen LogP contribution in [0.2, 0.25) is 0 Å². The highest BCUT2D eigenvalue weighted by Gasteiger charge is 2.35. The summed E-state index contributed by atoms with van der Waals surface area (Å²) in [5.41, 5.74) is 2.47. The van der Waals surface area contributed by atoms with Gasteiger partial charge in [0.1, 0.15) is 17.0 Å². The van der Waals surface area contributed by atoms with Crippen molar-refractivity contribution in [3.63, 3.8) is 0 Å². The van der Waals surface area contributed by atoms with Gasteiger partial charge in [-0.15, -0.1) is 11.3 Å². The van der Waals surface area contributed by atoms with Crippen molar-refractivity contribution in [1.82, 2.24) is 14.9 Å². The molecule has 4 nitrogen and oxygen atoms in total. The van der Waals surface area contributed by atoms with E-state index in [0.29, 0.717) is 12.1 Å². The van der Waals surface area contributed by atoms with Gasteiger partial charge in [0.2, 0.25) is 0 Å². The Morgan fingerprint density at radius 3 is 2.88 bits per heavy atom. The van der Waals surface area contributed by atoms with Crippen molar-refractivity contribution < 1.29 is 0 Å². The van der Waals surface area contributed by atoms with E-state index in [0.717, 1.165) is 10.6 Å². The Balaban J connectivity index is 1.52. The van der Waals surface area contributed by atoms with Gasteiger partial charge in [-0.05, 0) is 31.4 Å². The first-order valence-electron chi connectivity index (χ1n) is 9.18. The maximum Gasteiger partial charge on any atom is 0.139 e. The van der Waals surface area contributed by atoms with Crippen molar-refractivity contribution in [2.75, 3.05) is 18.4 Å². The molecule has 2 aliphatic heterocycles. The molecule has 2 saturated heterocycles. The van der Waals surface area contributed by atoms with E-state index >= 15 is 0 Å². The summed E-state index contributed by atoms with van der Waals surface area (Å²) in [4.78, 5) is 12.9. The number of thiophene rings is 1. The summed E-state index contributed by atoms with van der Waals surface area (Å²) >= 11 is 1.70. The fourth-order valence-corrected chi connectivity index (χ4v) is 5.32. The number of rotatable bonds is 3. The zero-order chi connectivity index (χ0) is 16.6. The van der Waals surface area contributed by atoms with Gasteiger partial charge >= 0.3 is 0 Å². The van der Waals surface area contributed by atoms with Crippen LogP contribution < -0.4 is 5.32 Å². The highest BCUT2D eigenvalue weighted by atomic mass is 32.1. The highest BCUT2D eigenvalue weighted by Crippen LogP contribution is 2.38. The summed E-state index contributed by atoms with van der Waals surface area (Å²) in [6.45, 7) is 2.47. The molecule has 2 aromatic heterocycles. The molecule has 0 aliphatic carbocycles. The van der Waals surface area contributed by atoms with Gasteiger partial charge in [-0.1, -0.05) is 36.8 Å². The first kappa shape index (κ1) is 15.3. The highest BCUT2D eigenvalue weighted by molar-refractivity contribution is 7.17. The third-order valence-corrected chi connectivity index (χ3v) is 6.52. The molecular weight excluding hydrogens is 328 g/mol. The first-order chi connectivity index (χ1) is 12.4. The largest absolute Gasteiger partial charge is 0.365 e. The lowest BCUT2D eigenvalue weighted by Crippen LogP contribution is -2.41. The quantitative estimate of drug-likeness (QED) is 0.760. The van der Waals surface area contributed by atoms with Crippen LogP contribution in [-0.4, -0.2) is 40.0 Å². The maximum absolute atomic E-state index is 4.63. The number of aromatic nitrogens is 2. The van der Waals surface area contributed by atoms with Gasteiger partial charge in [0.15, 0.2) is 0 Å². The van der Waals surface area contributed by atoms with Crippen molar-refractivity contribution in [3.8, 4) is 11.1 Å². The van der Waals surface area contributed by atoms with E-state index in [1.54, 1.807) is 17.7 Å². The summed E-state index contributed by atoms with van der Waals surface area (Å²) in [5, 5.41) is 7.18. The molecule has 4 heterocycles. The summed E-state index contributed by atoms with van der Waals surface area (Å²) in [6.07, 6.45) is 6.92. The molecule has 128 valence electrons. The van der Waals surface area contributed by atoms with Crippen LogP contribution in [0, 0.1) is 0 Å². The Morgan fingerprint density at radius 2 is 1.96 bits per heavy atom. The minimum atomic E-state index is 0.502. The smallest absolute Gasteiger partial charge is 0.139 e. The Labute approximate surface area is 151 Å². The zero-order valence-corrected chi connectivity index (χ0v) is 15.0. The third-order valence-electron chi connectivity index (χ3n) is 5.63. The van der Waals surface area contributed by atoms with Crippen molar-refractivity contribution in [2.24, 2.45) is 0 Å². The minimum absolute atomic E-state index is 0.502. The molecule has 0 saturated carbocycles. The van der Waals surface area contributed by atoms with Crippen LogP contribution in [0.3, 0.4) is 0 Å². The number of nitrogens with one attached hydrogen (secondary N) is 1. The van der Waals surface area contributed by atoms with Crippen molar-refractivity contribution in [2.45, 2.75) is 37.8 Å². The second-order valence-corrected chi connectivity index (χ2v) is 7.91. The Bertz CT molecular complexity index is 876. The van der Waals surface area contributed by atoms with Gasteiger partial charge < -0.3 is 5.32 Å². The van der Waals surface area contributed by atoms with Gasteiger partial charge in [-0.3, -0.25) is 4.90 Å². The Kier molecular flexibility index (Phi) is 3.91. The lowest BCUT2D eigenvalue weighted by Gasteiger charge is -2.32. The normalized spacial score (nSPS) is 23.7. The van der Waals surface area contributed by atoms with Gasteiger partial charge in [0.25, 0.3) is 0 Å².